The van der Waals surface area contributed by atoms with Crippen molar-refractivity contribution in [2.24, 2.45) is 11.8 Å². The lowest BCUT2D eigenvalue weighted by atomic mass is 9.79. The van der Waals surface area contributed by atoms with Crippen molar-refractivity contribution in [3.63, 3.8) is 0 Å². The molecule has 0 saturated carbocycles. The van der Waals surface area contributed by atoms with E-state index in [0.717, 1.165) is 0 Å². The molecule has 16 heavy (non-hydrogen) atoms. The molecule has 0 aliphatic heterocycles. The lowest BCUT2D eigenvalue weighted by Gasteiger charge is -2.25. The Balaban J connectivity index is 1.96. The van der Waals surface area contributed by atoms with Crippen LogP contribution in [0.25, 0.3) is 0 Å². The smallest absolute Gasteiger partial charge is 0.0201 e. The molecular weight excluding hydrogens is 192 g/mol. The van der Waals surface area contributed by atoms with Gasteiger partial charge in [-0.25, -0.2) is 0 Å². The molecule has 0 amide bonds. The highest BCUT2D eigenvalue weighted by Gasteiger charge is 2.19. The van der Waals surface area contributed by atoms with E-state index in [2.05, 4.69) is 48.6 Å². The number of allylic oxidation sites excluding steroid dienone is 10. The van der Waals surface area contributed by atoms with Gasteiger partial charge in [0.2, 0.25) is 0 Å². The molecule has 0 aromatic heterocycles. The lowest BCUT2D eigenvalue weighted by molar-refractivity contribution is 0.691. The Morgan fingerprint density at radius 2 is 1.88 bits per heavy atom. The van der Waals surface area contributed by atoms with Crippen LogP contribution in [0.4, 0.5) is 0 Å². The third-order valence-electron chi connectivity index (χ3n) is 3.70. The molecule has 4 aliphatic carbocycles. The van der Waals surface area contributed by atoms with Gasteiger partial charge in [0.15, 0.2) is 0 Å². The third kappa shape index (κ3) is 1.84. The average molecular weight is 210 g/mol. The summed E-state index contributed by atoms with van der Waals surface area (Å²) in [6.07, 6.45) is 23.8. The molecule has 0 nitrogen and oxygen atoms in total. The predicted octanol–water partition coefficient (Wildman–Crippen LogP) is 4.34. The van der Waals surface area contributed by atoms with Gasteiger partial charge in [-0.2, -0.15) is 0 Å². The molecule has 82 valence electrons. The number of hydrogen-bond donors (Lipinski definition) is 0. The van der Waals surface area contributed by atoms with Gasteiger partial charge in [-0.3, -0.25) is 0 Å². The largest absolute Gasteiger partial charge is 0.0810 e. The predicted molar refractivity (Wildman–Crippen MR) is 69.0 cm³/mol. The van der Waals surface area contributed by atoms with E-state index in [1.54, 1.807) is 11.1 Å². The highest BCUT2D eigenvalue weighted by atomic mass is 14.2. The van der Waals surface area contributed by atoms with Crippen LogP contribution in [0.15, 0.2) is 59.8 Å². The summed E-state index contributed by atoms with van der Waals surface area (Å²) in [6.45, 7) is 0. The topological polar surface area (TPSA) is 0 Å². The van der Waals surface area contributed by atoms with E-state index in [0.29, 0.717) is 11.8 Å². The van der Waals surface area contributed by atoms with E-state index in [1.807, 2.05) is 0 Å². The van der Waals surface area contributed by atoms with Crippen LogP contribution in [0.2, 0.25) is 0 Å². The van der Waals surface area contributed by atoms with Gasteiger partial charge in [-0.15, -0.1) is 0 Å². The summed E-state index contributed by atoms with van der Waals surface area (Å²) in [5, 5.41) is 0. The van der Waals surface area contributed by atoms with Crippen LogP contribution < -0.4 is 0 Å². The fourth-order valence-electron chi connectivity index (χ4n) is 2.81. The number of rotatable bonds is 1. The van der Waals surface area contributed by atoms with E-state index in [9.17, 15) is 0 Å². The zero-order valence-corrected chi connectivity index (χ0v) is 9.60. The standard InChI is InChI=1S/C16H18/c1-2-7-14(8-3-1)16-12-13-6-4-5-9-15(16)11-10-13/h4-7,9-13,15H,1-3,8H2/b6-4-,9-5-/t13-,15+/m1/s1. The second-order valence-electron chi connectivity index (χ2n) is 4.85. The van der Waals surface area contributed by atoms with Gasteiger partial charge in [-0.1, -0.05) is 48.6 Å². The minimum absolute atomic E-state index is 0.513. The van der Waals surface area contributed by atoms with Crippen LogP contribution in [-0.4, -0.2) is 0 Å². The van der Waals surface area contributed by atoms with Crippen molar-refractivity contribution in [2.75, 3.05) is 0 Å². The first kappa shape index (κ1) is 9.89. The Morgan fingerprint density at radius 1 is 0.938 bits per heavy atom. The second-order valence-corrected chi connectivity index (χ2v) is 4.85. The Labute approximate surface area is 97.7 Å². The number of fused-ring (bicyclic) bond motifs is 1. The van der Waals surface area contributed by atoms with E-state index >= 15 is 0 Å². The van der Waals surface area contributed by atoms with Crippen LogP contribution in [0, 0.1) is 11.8 Å². The maximum absolute atomic E-state index is 2.46. The highest BCUT2D eigenvalue weighted by Crippen LogP contribution is 2.35. The molecule has 0 N–H and O–H groups in total. The third-order valence-corrected chi connectivity index (χ3v) is 3.70. The molecule has 0 heterocycles. The molecule has 0 saturated heterocycles. The van der Waals surface area contributed by atoms with Crippen LogP contribution in [0.3, 0.4) is 0 Å². The van der Waals surface area contributed by atoms with Crippen LogP contribution >= 0.6 is 0 Å². The summed E-state index contributed by atoms with van der Waals surface area (Å²) in [5.74, 6) is 1.03. The maximum atomic E-state index is 2.46. The van der Waals surface area contributed by atoms with Crippen LogP contribution in [-0.2, 0) is 0 Å². The highest BCUT2D eigenvalue weighted by molar-refractivity contribution is 5.44. The molecule has 0 spiro atoms. The van der Waals surface area contributed by atoms with Crippen molar-refractivity contribution >= 4 is 0 Å². The Hall–Kier alpha value is -1.30. The molecule has 4 rings (SSSR count). The fraction of sp³-hybridized carbons (Fsp3) is 0.375. The van der Waals surface area contributed by atoms with Gasteiger partial charge in [0, 0.05) is 11.8 Å². The zero-order chi connectivity index (χ0) is 10.8. The molecule has 4 aliphatic rings. The monoisotopic (exact) mass is 210 g/mol. The summed E-state index contributed by atoms with van der Waals surface area (Å²) in [7, 11) is 0. The first-order chi connectivity index (χ1) is 7.93. The molecule has 0 aromatic rings. The summed E-state index contributed by atoms with van der Waals surface area (Å²) in [6, 6.07) is 0. The van der Waals surface area contributed by atoms with E-state index in [4.69, 9.17) is 0 Å². The van der Waals surface area contributed by atoms with E-state index in [-0.39, 0.29) is 0 Å². The van der Waals surface area contributed by atoms with E-state index in [1.165, 1.54) is 25.7 Å². The Bertz CT molecular complexity index is 415. The molecule has 2 bridgehead atoms. The van der Waals surface area contributed by atoms with Gasteiger partial charge in [0.25, 0.3) is 0 Å². The maximum Gasteiger partial charge on any atom is 0.0201 e. The summed E-state index contributed by atoms with van der Waals surface area (Å²) >= 11 is 0. The molecule has 2 atom stereocenters. The molecule has 0 heteroatoms. The van der Waals surface area contributed by atoms with E-state index < -0.39 is 0 Å². The van der Waals surface area contributed by atoms with Crippen molar-refractivity contribution in [3.05, 3.63) is 59.8 Å². The molecular formula is C16H18. The van der Waals surface area contributed by atoms with Crippen molar-refractivity contribution in [1.82, 2.24) is 0 Å². The lowest BCUT2D eigenvalue weighted by Crippen LogP contribution is -2.11. The normalized spacial score (nSPS) is 36.0. The zero-order valence-electron chi connectivity index (χ0n) is 9.60. The number of hydrogen-bond acceptors (Lipinski definition) is 0. The van der Waals surface area contributed by atoms with Gasteiger partial charge >= 0.3 is 0 Å². The van der Waals surface area contributed by atoms with Gasteiger partial charge in [-0.05, 0) is 36.8 Å². The van der Waals surface area contributed by atoms with Crippen molar-refractivity contribution < 1.29 is 0 Å². The Morgan fingerprint density at radius 3 is 2.75 bits per heavy atom. The molecule has 0 radical (unpaired) electrons. The SMILES string of the molecule is C1=C[C@@H]2/C=C\C=C/[C@H]1C=C2C1=CCCCC1. The fourth-order valence-corrected chi connectivity index (χ4v) is 2.81. The average Bonchev–Trinajstić information content (AvgIpc) is 2.30. The molecule has 0 aromatic carbocycles. The minimum Gasteiger partial charge on any atom is -0.0810 e. The Kier molecular flexibility index (Phi) is 2.65. The van der Waals surface area contributed by atoms with Crippen molar-refractivity contribution in [2.45, 2.75) is 25.7 Å². The van der Waals surface area contributed by atoms with Crippen LogP contribution in [0.1, 0.15) is 25.7 Å². The summed E-state index contributed by atoms with van der Waals surface area (Å²) in [4.78, 5) is 0. The van der Waals surface area contributed by atoms with Crippen LogP contribution in [0.5, 0.6) is 0 Å². The molecule has 0 unspecified atom stereocenters. The summed E-state index contributed by atoms with van der Waals surface area (Å²) in [5.41, 5.74) is 3.17. The van der Waals surface area contributed by atoms with Crippen molar-refractivity contribution in [3.8, 4) is 0 Å². The molecule has 0 fully saturated rings. The van der Waals surface area contributed by atoms with Gasteiger partial charge < -0.3 is 0 Å². The van der Waals surface area contributed by atoms with Gasteiger partial charge in [0.05, 0.1) is 0 Å². The summed E-state index contributed by atoms with van der Waals surface area (Å²) < 4.78 is 0. The first-order valence-corrected chi connectivity index (χ1v) is 6.38. The van der Waals surface area contributed by atoms with Crippen molar-refractivity contribution in [1.29, 1.82) is 0 Å². The first-order valence-electron chi connectivity index (χ1n) is 6.38. The van der Waals surface area contributed by atoms with Gasteiger partial charge in [0.1, 0.15) is 0 Å². The quantitative estimate of drug-likeness (QED) is 0.565. The minimum atomic E-state index is 0.513. The second kappa shape index (κ2) is 4.29.